The first-order valence-electron chi connectivity index (χ1n) is 9.95. The fourth-order valence-electron chi connectivity index (χ4n) is 5.46. The second kappa shape index (κ2) is 5.11. The predicted octanol–water partition coefficient (Wildman–Crippen LogP) is 5.93. The van der Waals surface area contributed by atoms with Gasteiger partial charge in [0.25, 0.3) is 0 Å². The summed E-state index contributed by atoms with van der Waals surface area (Å²) in [5.41, 5.74) is 15.5. The van der Waals surface area contributed by atoms with Crippen LogP contribution in [0.1, 0.15) is 33.4 Å². The minimum Gasteiger partial charge on any atom is -0.309 e. The van der Waals surface area contributed by atoms with Crippen molar-refractivity contribution in [3.8, 4) is 11.1 Å². The highest BCUT2D eigenvalue weighted by molar-refractivity contribution is 5.95. The van der Waals surface area contributed by atoms with Crippen LogP contribution in [0.3, 0.4) is 0 Å². The van der Waals surface area contributed by atoms with Crippen molar-refractivity contribution in [1.82, 2.24) is 4.98 Å². The van der Waals surface area contributed by atoms with Gasteiger partial charge < -0.3 is 4.90 Å². The smallest absolute Gasteiger partial charge is 0.0539 e. The Morgan fingerprint density at radius 3 is 2.43 bits per heavy atom. The molecule has 3 aliphatic rings. The van der Waals surface area contributed by atoms with Gasteiger partial charge >= 0.3 is 0 Å². The topological polar surface area (TPSA) is 16.1 Å². The maximum atomic E-state index is 4.41. The molecule has 3 heterocycles. The van der Waals surface area contributed by atoms with Crippen LogP contribution >= 0.6 is 0 Å². The molecule has 2 heteroatoms. The lowest BCUT2D eigenvalue weighted by Gasteiger charge is -2.40. The van der Waals surface area contributed by atoms with Gasteiger partial charge in [-0.2, -0.15) is 0 Å². The normalized spacial score (nSPS) is 14.6. The van der Waals surface area contributed by atoms with Gasteiger partial charge in [-0.3, -0.25) is 4.98 Å². The van der Waals surface area contributed by atoms with Gasteiger partial charge in [-0.25, -0.2) is 0 Å². The first-order chi connectivity index (χ1) is 13.9. The lowest BCUT2D eigenvalue weighted by molar-refractivity contribution is 0.996. The Morgan fingerprint density at radius 2 is 1.46 bits per heavy atom. The third-order valence-corrected chi connectivity index (χ3v) is 6.55. The minimum absolute atomic E-state index is 0.966. The molecule has 2 aliphatic heterocycles. The molecule has 132 valence electrons. The van der Waals surface area contributed by atoms with E-state index in [-0.39, 0.29) is 0 Å². The molecule has 28 heavy (non-hydrogen) atoms. The quantitative estimate of drug-likeness (QED) is 0.334. The number of para-hydroxylation sites is 1. The molecule has 7 rings (SSSR count). The fourth-order valence-corrected chi connectivity index (χ4v) is 5.46. The van der Waals surface area contributed by atoms with Gasteiger partial charge in [0, 0.05) is 30.9 Å². The number of benzene rings is 3. The van der Waals surface area contributed by atoms with Crippen molar-refractivity contribution in [3.63, 3.8) is 0 Å². The number of rotatable bonds is 0. The predicted molar refractivity (Wildman–Crippen MR) is 113 cm³/mol. The molecule has 4 aromatic rings. The van der Waals surface area contributed by atoms with Crippen LogP contribution in [-0.2, 0) is 19.3 Å². The maximum Gasteiger partial charge on any atom is 0.0539 e. The number of nitrogens with zero attached hydrogens (tertiary/aromatic N) is 2. The van der Waals surface area contributed by atoms with E-state index in [1.165, 1.54) is 61.6 Å². The molecule has 0 bridgehead atoms. The van der Waals surface area contributed by atoms with Crippen LogP contribution in [0.5, 0.6) is 0 Å². The van der Waals surface area contributed by atoms with Crippen molar-refractivity contribution in [1.29, 1.82) is 0 Å². The van der Waals surface area contributed by atoms with E-state index in [9.17, 15) is 0 Å². The first-order valence-corrected chi connectivity index (χ1v) is 9.95. The molecule has 3 aromatic carbocycles. The Morgan fingerprint density at radius 1 is 0.679 bits per heavy atom. The number of aromatic nitrogens is 1. The lowest BCUT2D eigenvalue weighted by atomic mass is 9.82. The summed E-state index contributed by atoms with van der Waals surface area (Å²) in [6, 6.07) is 22.4. The van der Waals surface area contributed by atoms with Crippen LogP contribution in [0.4, 0.5) is 17.1 Å². The van der Waals surface area contributed by atoms with E-state index in [4.69, 9.17) is 0 Å². The van der Waals surface area contributed by atoms with Crippen LogP contribution in [0.15, 0.2) is 73.1 Å². The summed E-state index contributed by atoms with van der Waals surface area (Å²) in [5.74, 6) is 0. The molecule has 0 fully saturated rings. The Balaban J connectivity index is 1.60. The van der Waals surface area contributed by atoms with Gasteiger partial charge in [0.05, 0.1) is 11.4 Å². The van der Waals surface area contributed by atoms with Crippen LogP contribution in [0.2, 0.25) is 0 Å². The SMILES string of the molecule is c1ccc2c(c1)Cc1cc3c4c(c1-2)Cc1ccccc1N4c1ccncc1C3. The molecule has 0 unspecified atom stereocenters. The zero-order chi connectivity index (χ0) is 18.2. The van der Waals surface area contributed by atoms with E-state index in [0.29, 0.717) is 0 Å². The number of fused-ring (bicyclic) bond motifs is 8. The average molecular weight is 358 g/mol. The summed E-state index contributed by atoms with van der Waals surface area (Å²) >= 11 is 0. The van der Waals surface area contributed by atoms with E-state index in [0.717, 1.165) is 19.3 Å². The standard InChI is InChI=1S/C26H18N2/c1-3-7-21-16(5-1)11-18-12-19-13-20-15-27-10-9-24(20)28-23-8-4-2-6-17(23)14-22(25(18)21)26(19)28/h1-10,12,15H,11,13-14H2. The molecule has 0 atom stereocenters. The summed E-state index contributed by atoms with van der Waals surface area (Å²) in [5, 5.41) is 0. The molecule has 2 nitrogen and oxygen atoms in total. The molecule has 0 amide bonds. The molecule has 0 saturated carbocycles. The number of pyridine rings is 1. The molecule has 0 radical (unpaired) electrons. The Kier molecular flexibility index (Phi) is 2.67. The lowest BCUT2D eigenvalue weighted by Crippen LogP contribution is -2.25. The number of hydrogen-bond donors (Lipinski definition) is 0. The van der Waals surface area contributed by atoms with Gasteiger partial charge in [0.1, 0.15) is 0 Å². The highest BCUT2D eigenvalue weighted by Crippen LogP contribution is 2.54. The molecular weight excluding hydrogens is 340 g/mol. The van der Waals surface area contributed by atoms with Crippen molar-refractivity contribution in [2.45, 2.75) is 19.3 Å². The van der Waals surface area contributed by atoms with Gasteiger partial charge in [-0.15, -0.1) is 0 Å². The molecule has 0 spiro atoms. The van der Waals surface area contributed by atoms with Crippen molar-refractivity contribution in [3.05, 3.63) is 106 Å². The Hall–Kier alpha value is -3.39. The van der Waals surface area contributed by atoms with E-state index in [2.05, 4.69) is 70.5 Å². The summed E-state index contributed by atoms with van der Waals surface area (Å²) < 4.78 is 0. The van der Waals surface area contributed by atoms with Gasteiger partial charge in [-0.05, 0) is 63.1 Å². The monoisotopic (exact) mass is 358 g/mol. The first kappa shape index (κ1) is 14.6. The van der Waals surface area contributed by atoms with Gasteiger partial charge in [0.15, 0.2) is 0 Å². The summed E-state index contributed by atoms with van der Waals surface area (Å²) in [6.45, 7) is 0. The number of hydrogen-bond acceptors (Lipinski definition) is 2. The van der Waals surface area contributed by atoms with Gasteiger partial charge in [-0.1, -0.05) is 48.5 Å². The van der Waals surface area contributed by atoms with E-state index in [1.807, 2.05) is 12.4 Å². The molecular formula is C26H18N2. The summed E-state index contributed by atoms with van der Waals surface area (Å²) in [7, 11) is 0. The van der Waals surface area contributed by atoms with Crippen LogP contribution < -0.4 is 4.90 Å². The Bertz CT molecular complexity index is 1290. The molecule has 1 aromatic heterocycles. The molecule has 0 saturated heterocycles. The van der Waals surface area contributed by atoms with Gasteiger partial charge in [0.2, 0.25) is 0 Å². The molecule has 0 N–H and O–H groups in total. The third-order valence-electron chi connectivity index (χ3n) is 6.55. The minimum atomic E-state index is 0.966. The second-order valence-electron chi connectivity index (χ2n) is 8.05. The summed E-state index contributed by atoms with van der Waals surface area (Å²) in [6.07, 6.45) is 6.98. The zero-order valence-corrected chi connectivity index (χ0v) is 15.4. The third kappa shape index (κ3) is 1.75. The van der Waals surface area contributed by atoms with Crippen molar-refractivity contribution in [2.75, 3.05) is 4.90 Å². The largest absolute Gasteiger partial charge is 0.309 e. The van der Waals surface area contributed by atoms with E-state index in [1.54, 1.807) is 0 Å². The van der Waals surface area contributed by atoms with Crippen LogP contribution in [0, 0.1) is 0 Å². The maximum absolute atomic E-state index is 4.41. The molecule has 1 aliphatic carbocycles. The second-order valence-corrected chi connectivity index (χ2v) is 8.05. The van der Waals surface area contributed by atoms with Crippen molar-refractivity contribution >= 4 is 17.1 Å². The average Bonchev–Trinajstić information content (AvgIpc) is 3.11. The highest BCUT2D eigenvalue weighted by Gasteiger charge is 2.35. The number of anilines is 3. The zero-order valence-electron chi connectivity index (χ0n) is 15.4. The fraction of sp³-hybridized carbons (Fsp3) is 0.115. The van der Waals surface area contributed by atoms with Crippen LogP contribution in [0.25, 0.3) is 11.1 Å². The van der Waals surface area contributed by atoms with Crippen LogP contribution in [-0.4, -0.2) is 4.98 Å². The summed E-state index contributed by atoms with van der Waals surface area (Å²) in [4.78, 5) is 6.91. The van der Waals surface area contributed by atoms with E-state index >= 15 is 0 Å². The highest BCUT2D eigenvalue weighted by atomic mass is 15.2. The van der Waals surface area contributed by atoms with E-state index < -0.39 is 0 Å². The Labute approximate surface area is 164 Å². The van der Waals surface area contributed by atoms with Crippen molar-refractivity contribution in [2.24, 2.45) is 0 Å². The van der Waals surface area contributed by atoms with Crippen molar-refractivity contribution < 1.29 is 0 Å².